The number of allylic oxidation sites excluding steroid dienone is 1. The molecular formula is C40H42N14Na2O9S2. The van der Waals surface area contributed by atoms with Gasteiger partial charge in [-0.25, -0.2) is 16.8 Å². The molecular weight excluding hydrogens is 931 g/mol. The van der Waals surface area contributed by atoms with Gasteiger partial charge in [0.05, 0.1) is 67.4 Å². The number of rotatable bonds is 14. The molecule has 0 spiro atoms. The molecule has 6 rings (SSSR count). The van der Waals surface area contributed by atoms with Crippen molar-refractivity contribution < 1.29 is 100 Å². The van der Waals surface area contributed by atoms with E-state index in [1.165, 1.54) is 60.7 Å². The first-order chi connectivity index (χ1) is 30.6. The Labute approximate surface area is 428 Å². The Morgan fingerprint density at radius 3 is 1.49 bits per heavy atom. The molecule has 0 heterocycles. The Bertz CT molecular complexity index is 2960. The van der Waals surface area contributed by atoms with Gasteiger partial charge >= 0.3 is 59.1 Å². The van der Waals surface area contributed by atoms with Crippen molar-refractivity contribution in [3.63, 3.8) is 0 Å². The van der Waals surface area contributed by atoms with Crippen molar-refractivity contribution in [1.29, 1.82) is 0 Å². The maximum Gasteiger partial charge on any atom is 1.00 e. The number of carbonyl (C=O) groups excluding carboxylic acids is 1. The second kappa shape index (κ2) is 24.5. The fraction of sp³-hybridized carbons (Fsp3) is 0.150. The zero-order valence-electron chi connectivity index (χ0n) is 36.4. The summed E-state index contributed by atoms with van der Waals surface area (Å²) in [6.45, 7) is 4.50. The number of nitrogens with zero attached hydrogens (tertiary/aromatic N) is 7. The van der Waals surface area contributed by atoms with Crippen LogP contribution in [0.25, 0.3) is 6.08 Å². The van der Waals surface area contributed by atoms with Gasteiger partial charge in [0, 0.05) is 24.5 Å². The van der Waals surface area contributed by atoms with Gasteiger partial charge in [-0.2, -0.15) is 20.4 Å². The number of benzene rings is 5. The number of fused-ring (bicyclic) bond motifs is 1. The molecule has 0 saturated heterocycles. The number of nitrogens with one attached hydrogen (secondary N) is 2. The molecule has 5 aromatic carbocycles. The Kier molecular flexibility index (Phi) is 20.4. The van der Waals surface area contributed by atoms with Crippen molar-refractivity contribution in [2.75, 3.05) is 47.2 Å². The predicted molar refractivity (Wildman–Crippen MR) is 244 cm³/mol. The second-order valence-electron chi connectivity index (χ2n) is 14.1. The number of carbonyl (C=O) groups is 1. The van der Waals surface area contributed by atoms with E-state index in [1.807, 2.05) is 0 Å². The van der Waals surface area contributed by atoms with Crippen LogP contribution in [0, 0.1) is 0 Å². The molecule has 0 saturated carbocycles. The third kappa shape index (κ3) is 15.8. The van der Waals surface area contributed by atoms with Crippen molar-refractivity contribution in [3.8, 4) is 0 Å². The maximum absolute atomic E-state index is 13.8. The maximum atomic E-state index is 13.8. The van der Waals surface area contributed by atoms with Crippen LogP contribution in [0.4, 0.5) is 68.2 Å². The van der Waals surface area contributed by atoms with Crippen LogP contribution in [0.5, 0.6) is 0 Å². The van der Waals surface area contributed by atoms with Crippen LogP contribution in [0.15, 0.2) is 137 Å². The van der Waals surface area contributed by atoms with Gasteiger partial charge in [-0.1, -0.05) is 0 Å². The zero-order chi connectivity index (χ0) is 47.6. The fourth-order valence-electron chi connectivity index (χ4n) is 5.55. The number of anilines is 6. The van der Waals surface area contributed by atoms with Gasteiger partial charge in [-0.15, -0.1) is 15.3 Å². The molecule has 14 N–H and O–H groups in total. The van der Waals surface area contributed by atoms with E-state index < -0.39 is 64.0 Å². The van der Waals surface area contributed by atoms with Crippen LogP contribution >= 0.6 is 0 Å². The van der Waals surface area contributed by atoms with Crippen LogP contribution in [0.2, 0.25) is 0 Å². The normalized spacial score (nSPS) is 14.1. The average molecular weight is 973 g/mol. The molecule has 23 nitrogen and oxygen atoms in total. The molecule has 27 heteroatoms. The molecule has 2 atom stereocenters. The molecule has 0 aromatic heterocycles. The summed E-state index contributed by atoms with van der Waals surface area (Å²) in [6, 6.07) is 21.9. The summed E-state index contributed by atoms with van der Waals surface area (Å²) >= 11 is 0. The quantitative estimate of drug-likeness (QED) is 0.0226. The molecule has 1 aliphatic rings. The number of aliphatic hydroxyl groups is 2. The van der Waals surface area contributed by atoms with Crippen molar-refractivity contribution in [3.05, 3.63) is 107 Å². The SMILES string of the molecule is CC(O)CNCC(C)O.Nc1ccc(N=Nc2ccc(N=Nc3c(S(=O)(=O)[O-])cc4c(c3N)C(=O)/C(=N/Nc3ccc(N=Nc5ccc(N)cc5N)cc3)C(S(=O)(=O)[O-])=C4)cc2)c(N)c1.[Na+].[Na+]. The smallest absolute Gasteiger partial charge is 0.744 e. The van der Waals surface area contributed by atoms with Crippen molar-refractivity contribution in [1.82, 2.24) is 5.32 Å². The van der Waals surface area contributed by atoms with E-state index in [4.69, 9.17) is 38.9 Å². The largest absolute Gasteiger partial charge is 1.00 e. The molecule has 0 radical (unpaired) electrons. The minimum Gasteiger partial charge on any atom is -0.744 e. The number of hydrogen-bond donors (Lipinski definition) is 9. The van der Waals surface area contributed by atoms with Crippen LogP contribution in [-0.2, 0) is 20.2 Å². The average Bonchev–Trinajstić information content (AvgIpc) is 3.22. The van der Waals surface area contributed by atoms with E-state index in [0.717, 1.165) is 0 Å². The van der Waals surface area contributed by atoms with E-state index >= 15 is 0 Å². The molecule has 67 heavy (non-hydrogen) atoms. The van der Waals surface area contributed by atoms with Crippen molar-refractivity contribution in [2.45, 2.75) is 31.0 Å². The molecule has 0 bridgehead atoms. The summed E-state index contributed by atoms with van der Waals surface area (Å²) < 4.78 is 73.9. The van der Waals surface area contributed by atoms with Gasteiger partial charge in [0.25, 0.3) is 0 Å². The molecule has 0 amide bonds. The third-order valence-electron chi connectivity index (χ3n) is 8.64. The number of hydrogen-bond acceptors (Lipinski definition) is 23. The monoisotopic (exact) mass is 972 g/mol. The van der Waals surface area contributed by atoms with Crippen LogP contribution in [0.1, 0.15) is 29.8 Å². The van der Waals surface area contributed by atoms with E-state index in [0.29, 0.717) is 70.7 Å². The van der Waals surface area contributed by atoms with Gasteiger partial charge in [0.2, 0.25) is 5.78 Å². The van der Waals surface area contributed by atoms with Crippen LogP contribution < -0.4 is 98.5 Å². The van der Waals surface area contributed by atoms with Gasteiger partial charge in [0.15, 0.2) is 0 Å². The molecule has 5 aromatic rings. The van der Waals surface area contributed by atoms with Gasteiger partial charge in [-0.05, 0) is 116 Å². The minimum absolute atomic E-state index is 0. The predicted octanol–water partition coefficient (Wildman–Crippen LogP) is -0.356. The summed E-state index contributed by atoms with van der Waals surface area (Å²) in [5, 5.41) is 48.3. The van der Waals surface area contributed by atoms with Gasteiger partial charge in [0.1, 0.15) is 43.0 Å². The molecule has 0 aliphatic heterocycles. The van der Waals surface area contributed by atoms with E-state index in [9.17, 15) is 30.7 Å². The standard InChI is InChI=1S/C34H29N13O7S2.C6H15NO2.2Na/c35-18-1-11-26(24(37)15-18)44-40-20-3-7-22(8-4-20)42-46-32-28(55(49,50)51)13-17-14-29(56(52,53)54)33(34(48)30(17)31(32)39)47-43-23-9-5-21(6-10-23)41-45-27-12-2-19(36)16-25(27)38;1-5(8)3-7-4-6(2)9;;/h1-16,43H,35-39H2,(H,49,50,51)(H,52,53,54);5-9H,3-4H2,1-2H3;;/q;;2*+1/p-2/b44-40?,45-41?,46-42?,47-33+;;;. The Morgan fingerprint density at radius 2 is 1.07 bits per heavy atom. The summed E-state index contributed by atoms with van der Waals surface area (Å²) in [5.41, 5.74) is 32.1. The number of Topliss-reactive ketones (excluding diaryl/α,β-unsaturated/α-hetero) is 1. The Balaban J connectivity index is 0.000000980. The first kappa shape index (κ1) is 55.8. The number of nitrogens with two attached hydrogens (primary N) is 5. The van der Waals surface area contributed by atoms with Gasteiger partial charge < -0.3 is 53.3 Å². The fourth-order valence-corrected chi connectivity index (χ4v) is 6.86. The van der Waals surface area contributed by atoms with E-state index in [1.54, 1.807) is 38.1 Å². The number of nitrogen functional groups attached to an aromatic ring is 5. The van der Waals surface area contributed by atoms with Crippen molar-refractivity contribution >= 4 is 106 Å². The summed E-state index contributed by atoms with van der Waals surface area (Å²) in [7, 11) is -10.8. The van der Waals surface area contributed by atoms with Crippen LogP contribution in [-0.4, -0.2) is 72.9 Å². The molecule has 340 valence electrons. The van der Waals surface area contributed by atoms with Crippen LogP contribution in [0.3, 0.4) is 0 Å². The van der Waals surface area contributed by atoms with Crippen molar-refractivity contribution in [2.24, 2.45) is 35.8 Å². The topological polar surface area (TPSA) is 413 Å². The minimum atomic E-state index is -5.41. The zero-order valence-corrected chi connectivity index (χ0v) is 42.0. The molecule has 0 fully saturated rings. The number of azo groups is 3. The van der Waals surface area contributed by atoms with E-state index in [-0.39, 0.29) is 82.7 Å². The van der Waals surface area contributed by atoms with E-state index in [2.05, 4.69) is 46.5 Å². The van der Waals surface area contributed by atoms with Gasteiger partial charge in [-0.3, -0.25) is 10.2 Å². The first-order valence-corrected chi connectivity index (χ1v) is 21.7. The Morgan fingerprint density at radius 1 is 0.627 bits per heavy atom. The second-order valence-corrected chi connectivity index (χ2v) is 16.8. The summed E-state index contributed by atoms with van der Waals surface area (Å²) in [5.74, 6) is -1.20. The number of aliphatic hydroxyl groups excluding tert-OH is 2. The first-order valence-electron chi connectivity index (χ1n) is 18.9. The summed E-state index contributed by atoms with van der Waals surface area (Å²) in [6.07, 6.45) is 0.0240. The third-order valence-corrected chi connectivity index (χ3v) is 10.3. The molecule has 1 aliphatic carbocycles. The number of hydrazone groups is 1. The molecule has 2 unspecified atom stereocenters. The Hall–Kier alpha value is -5.52. The number of ketones is 1. The summed E-state index contributed by atoms with van der Waals surface area (Å²) in [4.78, 5) is 11.6.